The molecule has 0 aliphatic carbocycles. The highest BCUT2D eigenvalue weighted by Gasteiger charge is 2.14. The minimum Gasteiger partial charge on any atom is -0.326 e. The van der Waals surface area contributed by atoms with Gasteiger partial charge in [-0.05, 0) is 42.0 Å². The van der Waals surface area contributed by atoms with Gasteiger partial charge in [0.1, 0.15) is 0 Å². The first-order chi connectivity index (χ1) is 12.5. The van der Waals surface area contributed by atoms with Crippen molar-refractivity contribution >= 4 is 27.3 Å². The van der Waals surface area contributed by atoms with E-state index >= 15 is 0 Å². The molecular formula is C20H18N2O3S. The van der Waals surface area contributed by atoms with Gasteiger partial charge in [0, 0.05) is 11.4 Å². The maximum atomic E-state index is 12.4. The Kier molecular flexibility index (Phi) is 5.34. The van der Waals surface area contributed by atoms with Crippen LogP contribution in [0, 0.1) is 0 Å². The summed E-state index contributed by atoms with van der Waals surface area (Å²) in [5.41, 5.74) is 1.95. The third-order valence-electron chi connectivity index (χ3n) is 3.68. The quantitative estimate of drug-likeness (QED) is 0.699. The van der Waals surface area contributed by atoms with Crippen LogP contribution in [0.4, 0.5) is 11.4 Å². The summed E-state index contributed by atoms with van der Waals surface area (Å²) >= 11 is 0. The lowest BCUT2D eigenvalue weighted by Gasteiger charge is -2.09. The molecule has 0 aliphatic heterocycles. The second kappa shape index (κ2) is 7.84. The van der Waals surface area contributed by atoms with Crippen molar-refractivity contribution in [3.8, 4) is 0 Å². The molecule has 5 nitrogen and oxygen atoms in total. The largest absolute Gasteiger partial charge is 0.326 e. The second-order valence-electron chi connectivity index (χ2n) is 5.71. The molecule has 0 aromatic heterocycles. The van der Waals surface area contributed by atoms with Crippen molar-refractivity contribution in [1.29, 1.82) is 0 Å². The molecule has 6 heteroatoms. The van der Waals surface area contributed by atoms with Gasteiger partial charge in [0.25, 0.3) is 10.0 Å². The van der Waals surface area contributed by atoms with Crippen LogP contribution in [0.5, 0.6) is 0 Å². The summed E-state index contributed by atoms with van der Waals surface area (Å²) in [5, 5.41) is 2.76. The highest BCUT2D eigenvalue weighted by Crippen LogP contribution is 2.18. The maximum absolute atomic E-state index is 12.4. The Morgan fingerprint density at radius 2 is 1.31 bits per heavy atom. The van der Waals surface area contributed by atoms with Crippen LogP contribution in [0.2, 0.25) is 0 Å². The summed E-state index contributed by atoms with van der Waals surface area (Å²) < 4.78 is 27.3. The molecule has 0 saturated carbocycles. The summed E-state index contributed by atoms with van der Waals surface area (Å²) in [4.78, 5) is 12.2. The zero-order valence-electron chi connectivity index (χ0n) is 13.9. The summed E-state index contributed by atoms with van der Waals surface area (Å²) in [6, 6.07) is 24.1. The number of carbonyl (C=O) groups excluding carboxylic acids is 1. The SMILES string of the molecule is O=C(Cc1ccccc1)Nc1ccc(S(=O)(=O)Nc2ccccc2)cc1. The molecule has 3 aromatic rings. The molecule has 3 aromatic carbocycles. The average molecular weight is 366 g/mol. The smallest absolute Gasteiger partial charge is 0.261 e. The number of benzene rings is 3. The highest BCUT2D eigenvalue weighted by atomic mass is 32.2. The zero-order chi connectivity index (χ0) is 18.4. The Hall–Kier alpha value is -3.12. The van der Waals surface area contributed by atoms with E-state index in [4.69, 9.17) is 0 Å². The first-order valence-electron chi connectivity index (χ1n) is 8.05. The van der Waals surface area contributed by atoms with Crippen LogP contribution < -0.4 is 10.0 Å². The number of amides is 1. The van der Waals surface area contributed by atoms with Crippen LogP contribution >= 0.6 is 0 Å². The molecule has 0 heterocycles. The molecule has 0 spiro atoms. The monoisotopic (exact) mass is 366 g/mol. The normalized spacial score (nSPS) is 10.9. The molecular weight excluding hydrogens is 348 g/mol. The molecule has 1 amide bonds. The summed E-state index contributed by atoms with van der Waals surface area (Å²) in [7, 11) is -3.67. The number of nitrogens with one attached hydrogen (secondary N) is 2. The Balaban J connectivity index is 1.65. The van der Waals surface area contributed by atoms with Crippen LogP contribution in [-0.4, -0.2) is 14.3 Å². The highest BCUT2D eigenvalue weighted by molar-refractivity contribution is 7.92. The van der Waals surface area contributed by atoms with Crippen molar-refractivity contribution < 1.29 is 13.2 Å². The molecule has 3 rings (SSSR count). The number of rotatable bonds is 6. The average Bonchev–Trinajstić information content (AvgIpc) is 2.63. The summed E-state index contributed by atoms with van der Waals surface area (Å²) in [6.45, 7) is 0. The lowest BCUT2D eigenvalue weighted by atomic mass is 10.1. The Labute approximate surface area is 152 Å². The van der Waals surface area contributed by atoms with E-state index in [1.807, 2.05) is 36.4 Å². The van der Waals surface area contributed by atoms with Crippen molar-refractivity contribution in [3.63, 3.8) is 0 Å². The molecule has 2 N–H and O–H groups in total. The van der Waals surface area contributed by atoms with Crippen LogP contribution in [0.15, 0.2) is 89.8 Å². The zero-order valence-corrected chi connectivity index (χ0v) is 14.7. The van der Waals surface area contributed by atoms with Gasteiger partial charge in [-0.2, -0.15) is 0 Å². The maximum Gasteiger partial charge on any atom is 0.261 e. The van der Waals surface area contributed by atoms with Crippen LogP contribution in [0.1, 0.15) is 5.56 Å². The van der Waals surface area contributed by atoms with E-state index in [1.54, 1.807) is 36.4 Å². The van der Waals surface area contributed by atoms with Crippen LogP contribution in [-0.2, 0) is 21.2 Å². The fourth-order valence-corrected chi connectivity index (χ4v) is 3.48. The second-order valence-corrected chi connectivity index (χ2v) is 7.39. The predicted molar refractivity (Wildman–Crippen MR) is 102 cm³/mol. The Morgan fingerprint density at radius 3 is 1.92 bits per heavy atom. The Bertz CT molecular complexity index is 971. The van der Waals surface area contributed by atoms with Crippen LogP contribution in [0.25, 0.3) is 0 Å². The number of carbonyl (C=O) groups is 1. The van der Waals surface area contributed by atoms with Crippen molar-refractivity contribution in [2.24, 2.45) is 0 Å². The van der Waals surface area contributed by atoms with Crippen LogP contribution in [0.3, 0.4) is 0 Å². The lowest BCUT2D eigenvalue weighted by molar-refractivity contribution is -0.115. The fourth-order valence-electron chi connectivity index (χ4n) is 2.42. The van der Waals surface area contributed by atoms with E-state index in [-0.39, 0.29) is 17.2 Å². The number of hydrogen-bond donors (Lipinski definition) is 2. The van der Waals surface area contributed by atoms with E-state index in [0.29, 0.717) is 11.4 Å². The molecule has 0 unspecified atom stereocenters. The first kappa shape index (κ1) is 17.7. The summed E-state index contributed by atoms with van der Waals surface area (Å²) in [5.74, 6) is -0.158. The number of para-hydroxylation sites is 1. The van der Waals surface area contributed by atoms with Crippen molar-refractivity contribution in [3.05, 3.63) is 90.5 Å². The minimum absolute atomic E-state index is 0.127. The lowest BCUT2D eigenvalue weighted by Crippen LogP contribution is -2.15. The number of sulfonamides is 1. The van der Waals surface area contributed by atoms with Crippen molar-refractivity contribution in [2.75, 3.05) is 10.0 Å². The third kappa shape index (κ3) is 4.70. The molecule has 0 radical (unpaired) electrons. The van der Waals surface area contributed by atoms with Gasteiger partial charge >= 0.3 is 0 Å². The van der Waals surface area contributed by atoms with Crippen molar-refractivity contribution in [1.82, 2.24) is 0 Å². The van der Waals surface area contributed by atoms with Gasteiger partial charge in [-0.15, -0.1) is 0 Å². The topological polar surface area (TPSA) is 75.3 Å². The van der Waals surface area contributed by atoms with Gasteiger partial charge in [-0.3, -0.25) is 9.52 Å². The van der Waals surface area contributed by atoms with Gasteiger partial charge in [0.2, 0.25) is 5.91 Å². The van der Waals surface area contributed by atoms with E-state index in [9.17, 15) is 13.2 Å². The molecule has 0 atom stereocenters. The van der Waals surface area contributed by atoms with Gasteiger partial charge in [0.15, 0.2) is 0 Å². The molecule has 132 valence electrons. The molecule has 0 aliphatic rings. The number of hydrogen-bond acceptors (Lipinski definition) is 3. The van der Waals surface area contributed by atoms with E-state index in [0.717, 1.165) is 5.56 Å². The summed E-state index contributed by atoms with van der Waals surface area (Å²) in [6.07, 6.45) is 0.260. The van der Waals surface area contributed by atoms with Gasteiger partial charge < -0.3 is 5.32 Å². The van der Waals surface area contributed by atoms with Gasteiger partial charge in [-0.25, -0.2) is 8.42 Å². The molecule has 0 saturated heterocycles. The molecule has 0 fully saturated rings. The third-order valence-corrected chi connectivity index (χ3v) is 5.08. The van der Waals surface area contributed by atoms with E-state index in [1.165, 1.54) is 12.1 Å². The molecule has 0 bridgehead atoms. The predicted octanol–water partition coefficient (Wildman–Crippen LogP) is 3.67. The Morgan fingerprint density at radius 1 is 0.731 bits per heavy atom. The molecule has 26 heavy (non-hydrogen) atoms. The van der Waals surface area contributed by atoms with Crippen molar-refractivity contribution in [2.45, 2.75) is 11.3 Å². The standard InChI is InChI=1S/C20H18N2O3S/c23-20(15-16-7-3-1-4-8-16)21-17-11-13-19(14-12-17)26(24,25)22-18-9-5-2-6-10-18/h1-14,22H,15H2,(H,21,23). The van der Waals surface area contributed by atoms with E-state index < -0.39 is 10.0 Å². The van der Waals surface area contributed by atoms with E-state index in [2.05, 4.69) is 10.0 Å². The van der Waals surface area contributed by atoms with Gasteiger partial charge in [-0.1, -0.05) is 48.5 Å². The minimum atomic E-state index is -3.67. The first-order valence-corrected chi connectivity index (χ1v) is 9.53. The fraction of sp³-hybridized carbons (Fsp3) is 0.0500. The number of anilines is 2. The van der Waals surface area contributed by atoms with Gasteiger partial charge in [0.05, 0.1) is 11.3 Å².